The van der Waals surface area contributed by atoms with E-state index in [1.54, 1.807) is 48.5 Å². The largest absolute Gasteiger partial charge is 0.494 e. The number of rotatable bonds is 22. The van der Waals surface area contributed by atoms with E-state index in [1.807, 2.05) is 13.8 Å². The van der Waals surface area contributed by atoms with E-state index in [0.29, 0.717) is 60.7 Å². The normalized spacial score (nSPS) is 11.4. The number of aliphatic imine (C=N–C) groups is 1. The Balaban J connectivity index is 1.29. The maximum Gasteiger partial charge on any atom is 0.257 e. The molecule has 0 fully saturated rings. The molecule has 0 radical (unpaired) electrons. The van der Waals surface area contributed by atoms with Gasteiger partial charge in [0.05, 0.1) is 24.4 Å². The molecule has 1 aromatic heterocycles. The van der Waals surface area contributed by atoms with Crippen molar-refractivity contribution in [2.75, 3.05) is 30.4 Å². The van der Waals surface area contributed by atoms with Crippen LogP contribution in [0.2, 0.25) is 0 Å². The van der Waals surface area contributed by atoms with E-state index in [9.17, 15) is 28.8 Å². The number of aromatic nitrogens is 1. The number of primary amides is 1. The standard InChI is InChI=1S/C37H49N13O7/c1-22(2)49-50-29-16-11-24(20-43-29)34(54)42-17-4-3-9-28(33(39)53)47-30(51)10-6-18-57-27-14-12-25(13-15-27)45-31(52)21-44-36(56)32(38)48-35(55)23-7-5-8-26(19-23)46-37(40)41/h5,7-8,11-16,19-20,28,32H,3-4,6,9-10,17-18,21,38H2,1-2H3,(H2,39,53)(H,42,54)(H,43,50)(H,44,56)(H,45,52)(H,47,51)(H,48,55)(H4,40,41,46). The number of nitrogens with zero attached hydrogens (tertiary/aromatic N) is 3. The molecule has 304 valence electrons. The number of nitrogens with two attached hydrogens (primary N) is 4. The van der Waals surface area contributed by atoms with Gasteiger partial charge in [-0.05, 0) is 94.1 Å². The zero-order valence-corrected chi connectivity index (χ0v) is 31.7. The fourth-order valence-electron chi connectivity index (χ4n) is 4.79. The minimum Gasteiger partial charge on any atom is -0.494 e. The van der Waals surface area contributed by atoms with Crippen molar-refractivity contribution in [1.29, 1.82) is 0 Å². The first-order valence-electron chi connectivity index (χ1n) is 17.9. The van der Waals surface area contributed by atoms with Gasteiger partial charge in [0.1, 0.15) is 17.6 Å². The Morgan fingerprint density at radius 2 is 1.58 bits per heavy atom. The molecule has 0 aliphatic carbocycles. The van der Waals surface area contributed by atoms with Gasteiger partial charge in [-0.25, -0.2) is 9.98 Å². The van der Waals surface area contributed by atoms with Gasteiger partial charge in [-0.15, -0.1) is 0 Å². The topological polar surface area (TPSA) is 326 Å². The highest BCUT2D eigenvalue weighted by molar-refractivity contribution is 5.99. The van der Waals surface area contributed by atoms with Crippen LogP contribution < -0.4 is 59.7 Å². The minimum absolute atomic E-state index is 0.0897. The zero-order chi connectivity index (χ0) is 41.7. The fourth-order valence-corrected chi connectivity index (χ4v) is 4.79. The van der Waals surface area contributed by atoms with Crippen molar-refractivity contribution in [2.24, 2.45) is 33.0 Å². The molecule has 3 rings (SSSR count). The summed E-state index contributed by atoms with van der Waals surface area (Å²) in [6, 6.07) is 14.9. The Labute approximate surface area is 329 Å². The van der Waals surface area contributed by atoms with E-state index in [0.717, 1.165) is 5.71 Å². The van der Waals surface area contributed by atoms with Gasteiger partial charge < -0.3 is 54.3 Å². The van der Waals surface area contributed by atoms with Crippen molar-refractivity contribution >= 4 is 64.3 Å². The first-order chi connectivity index (χ1) is 27.2. The van der Waals surface area contributed by atoms with Gasteiger partial charge in [-0.3, -0.25) is 34.2 Å². The molecule has 20 heteroatoms. The summed E-state index contributed by atoms with van der Waals surface area (Å²) in [5.41, 5.74) is 26.9. The predicted octanol–water partition coefficient (Wildman–Crippen LogP) is 0.293. The first-order valence-corrected chi connectivity index (χ1v) is 17.9. The smallest absolute Gasteiger partial charge is 0.257 e. The summed E-state index contributed by atoms with van der Waals surface area (Å²) in [4.78, 5) is 82.0. The Morgan fingerprint density at radius 1 is 0.825 bits per heavy atom. The molecule has 3 aromatic rings. The van der Waals surface area contributed by atoms with Crippen LogP contribution in [0.3, 0.4) is 0 Å². The van der Waals surface area contributed by atoms with E-state index in [4.69, 9.17) is 27.7 Å². The number of unbranched alkanes of at least 4 members (excludes halogenated alkanes) is 1. The van der Waals surface area contributed by atoms with Crippen molar-refractivity contribution in [3.8, 4) is 5.75 Å². The first kappa shape index (κ1) is 44.3. The molecule has 0 saturated carbocycles. The van der Waals surface area contributed by atoms with Gasteiger partial charge in [-0.1, -0.05) is 6.07 Å². The Morgan fingerprint density at radius 3 is 2.25 bits per heavy atom. The van der Waals surface area contributed by atoms with Gasteiger partial charge in [0.15, 0.2) is 12.1 Å². The summed E-state index contributed by atoms with van der Waals surface area (Å²) in [7, 11) is 0. The molecule has 6 amide bonds. The third-order valence-electron chi connectivity index (χ3n) is 7.62. The number of ether oxygens (including phenoxy) is 1. The van der Waals surface area contributed by atoms with Crippen molar-refractivity contribution in [1.82, 2.24) is 26.3 Å². The van der Waals surface area contributed by atoms with Gasteiger partial charge >= 0.3 is 0 Å². The molecule has 2 atom stereocenters. The predicted molar refractivity (Wildman–Crippen MR) is 214 cm³/mol. The number of hydrazone groups is 1. The maximum absolute atomic E-state index is 12.5. The number of anilines is 2. The lowest BCUT2D eigenvalue weighted by Crippen LogP contribution is -2.53. The van der Waals surface area contributed by atoms with Crippen molar-refractivity contribution < 1.29 is 33.5 Å². The van der Waals surface area contributed by atoms with Gasteiger partial charge in [0, 0.05) is 36.1 Å². The molecule has 0 spiro atoms. The van der Waals surface area contributed by atoms with Crippen LogP contribution in [0, 0.1) is 0 Å². The van der Waals surface area contributed by atoms with Crippen LogP contribution in [0.25, 0.3) is 0 Å². The molecule has 20 nitrogen and oxygen atoms in total. The Bertz CT molecular complexity index is 1910. The summed E-state index contributed by atoms with van der Waals surface area (Å²) in [6.45, 7) is 3.82. The number of carbonyl (C=O) groups is 6. The van der Waals surface area contributed by atoms with Crippen LogP contribution in [0.1, 0.15) is 66.7 Å². The molecule has 0 bridgehead atoms. The van der Waals surface area contributed by atoms with Crippen LogP contribution >= 0.6 is 0 Å². The molecule has 2 aromatic carbocycles. The SMILES string of the molecule is CC(C)=NNc1ccc(C(=O)NCCCCC(NC(=O)CCCOc2ccc(NC(=O)CNC(=O)C(N)NC(=O)c3cccc(N=C(N)N)c3)cc2)C(N)=O)cn1. The molecule has 14 N–H and O–H groups in total. The van der Waals surface area contributed by atoms with Crippen LogP contribution in [0.4, 0.5) is 17.2 Å². The number of guanidine groups is 1. The maximum atomic E-state index is 12.5. The highest BCUT2D eigenvalue weighted by Gasteiger charge is 2.19. The van der Waals surface area contributed by atoms with Gasteiger partial charge in [-0.2, -0.15) is 5.10 Å². The van der Waals surface area contributed by atoms with Crippen LogP contribution in [0.5, 0.6) is 5.75 Å². The molecule has 0 aliphatic heterocycles. The summed E-state index contributed by atoms with van der Waals surface area (Å²) < 4.78 is 5.68. The van der Waals surface area contributed by atoms with Crippen molar-refractivity contribution in [3.63, 3.8) is 0 Å². The lowest BCUT2D eigenvalue weighted by molar-refractivity contribution is -0.127. The van der Waals surface area contributed by atoms with Gasteiger partial charge in [0.2, 0.25) is 17.7 Å². The monoisotopic (exact) mass is 787 g/mol. The fraction of sp³-hybridized carbons (Fsp3) is 0.324. The van der Waals surface area contributed by atoms with E-state index in [-0.39, 0.29) is 36.4 Å². The van der Waals surface area contributed by atoms with Crippen molar-refractivity contribution in [2.45, 2.75) is 58.2 Å². The average molecular weight is 788 g/mol. The van der Waals surface area contributed by atoms with E-state index in [1.165, 1.54) is 18.3 Å². The van der Waals surface area contributed by atoms with Gasteiger partial charge in [0.25, 0.3) is 17.7 Å². The highest BCUT2D eigenvalue weighted by Crippen LogP contribution is 2.16. The molecule has 0 aliphatic rings. The molecule has 2 unspecified atom stereocenters. The number of pyridine rings is 1. The summed E-state index contributed by atoms with van der Waals surface area (Å²) in [6.07, 6.45) is 1.86. The molecular formula is C37H49N13O7. The Kier molecular flexibility index (Phi) is 17.9. The Hall–Kier alpha value is -7.09. The number of nitrogens with one attached hydrogen (secondary N) is 6. The minimum atomic E-state index is -1.44. The summed E-state index contributed by atoms with van der Waals surface area (Å²) >= 11 is 0. The molecule has 57 heavy (non-hydrogen) atoms. The van der Waals surface area contributed by atoms with Crippen LogP contribution in [-0.4, -0.2) is 84.0 Å². The second-order valence-corrected chi connectivity index (χ2v) is 12.7. The van der Waals surface area contributed by atoms with Crippen molar-refractivity contribution in [3.05, 3.63) is 78.0 Å². The lowest BCUT2D eigenvalue weighted by atomic mass is 10.1. The second kappa shape index (κ2) is 23.0. The molecule has 1 heterocycles. The number of carbonyl (C=O) groups excluding carboxylic acids is 6. The van der Waals surface area contributed by atoms with E-state index in [2.05, 4.69) is 47.1 Å². The third kappa shape index (κ3) is 16.9. The quantitative estimate of drug-likeness (QED) is 0.0216. The molecular weight excluding hydrogens is 738 g/mol. The number of benzene rings is 2. The lowest BCUT2D eigenvalue weighted by Gasteiger charge is -2.16. The molecule has 0 saturated heterocycles. The number of hydrogen-bond acceptors (Lipinski definition) is 12. The highest BCUT2D eigenvalue weighted by atomic mass is 16.5. The number of hydrogen-bond donors (Lipinski definition) is 10. The van der Waals surface area contributed by atoms with Crippen LogP contribution in [-0.2, 0) is 19.2 Å². The van der Waals surface area contributed by atoms with E-state index >= 15 is 0 Å². The average Bonchev–Trinajstić information content (AvgIpc) is 3.17. The number of amides is 6. The summed E-state index contributed by atoms with van der Waals surface area (Å²) in [5, 5.41) is 16.8. The second-order valence-electron chi connectivity index (χ2n) is 12.7. The third-order valence-corrected chi connectivity index (χ3v) is 7.62. The van der Waals surface area contributed by atoms with E-state index < -0.39 is 42.4 Å². The summed E-state index contributed by atoms with van der Waals surface area (Å²) in [5.74, 6) is -2.48. The zero-order valence-electron chi connectivity index (χ0n) is 31.7. The van der Waals surface area contributed by atoms with Crippen LogP contribution in [0.15, 0.2) is 77.0 Å².